The van der Waals surface area contributed by atoms with E-state index in [-0.39, 0.29) is 18.7 Å². The molecule has 1 atom stereocenters. The van der Waals surface area contributed by atoms with Crippen LogP contribution >= 0.6 is 10.7 Å². The van der Waals surface area contributed by atoms with Crippen molar-refractivity contribution in [2.75, 3.05) is 18.8 Å². The van der Waals surface area contributed by atoms with Gasteiger partial charge in [-0.2, -0.15) is 0 Å². The van der Waals surface area contributed by atoms with Gasteiger partial charge in [-0.1, -0.05) is 0 Å². The van der Waals surface area contributed by atoms with Gasteiger partial charge in [-0.25, -0.2) is 17.2 Å². The Kier molecular flexibility index (Phi) is 3.88. The van der Waals surface area contributed by atoms with Gasteiger partial charge in [0.2, 0.25) is 15.0 Å². The van der Waals surface area contributed by atoms with Gasteiger partial charge in [-0.15, -0.1) is 0 Å². The largest absolute Gasteiger partial charge is 0.337 e. The van der Waals surface area contributed by atoms with Crippen molar-refractivity contribution in [3.05, 3.63) is 0 Å². The van der Waals surface area contributed by atoms with E-state index in [9.17, 15) is 22.0 Å². The van der Waals surface area contributed by atoms with E-state index < -0.39 is 33.8 Å². The lowest BCUT2D eigenvalue weighted by Gasteiger charge is -2.15. The van der Waals surface area contributed by atoms with Gasteiger partial charge < -0.3 is 4.90 Å². The summed E-state index contributed by atoms with van der Waals surface area (Å²) in [7, 11) is 1.33. The van der Waals surface area contributed by atoms with Gasteiger partial charge in [0, 0.05) is 29.6 Å². The van der Waals surface area contributed by atoms with Crippen LogP contribution in [-0.2, 0) is 13.8 Å². The molecule has 1 amide bonds. The van der Waals surface area contributed by atoms with Gasteiger partial charge in [0.15, 0.2) is 0 Å². The monoisotopic (exact) mass is 261 g/mol. The number of hydrogen-bond acceptors (Lipinski definition) is 3. The summed E-state index contributed by atoms with van der Waals surface area (Å²) in [5.41, 5.74) is 0. The van der Waals surface area contributed by atoms with Crippen molar-refractivity contribution in [2.45, 2.75) is 12.8 Å². The van der Waals surface area contributed by atoms with Crippen molar-refractivity contribution in [2.24, 2.45) is 5.92 Å². The first-order valence-corrected chi connectivity index (χ1v) is 6.74. The standard InChI is InChI=1S/C7H10ClF2NO3S/c8-15(13,14)4-5-1-7(12)11(2-5)3-6(9)10/h5-6H,1-4H2. The maximum atomic E-state index is 12.0. The lowest BCUT2D eigenvalue weighted by atomic mass is 10.1. The Bertz CT molecular complexity index is 346. The highest BCUT2D eigenvalue weighted by Gasteiger charge is 2.33. The highest BCUT2D eigenvalue weighted by molar-refractivity contribution is 8.13. The molecule has 0 saturated carbocycles. The fraction of sp³-hybridized carbons (Fsp3) is 0.857. The third-order valence-electron chi connectivity index (χ3n) is 2.09. The quantitative estimate of drug-likeness (QED) is 0.699. The summed E-state index contributed by atoms with van der Waals surface area (Å²) >= 11 is 0. The fourth-order valence-electron chi connectivity index (χ4n) is 1.59. The molecule has 0 N–H and O–H groups in total. The summed E-state index contributed by atoms with van der Waals surface area (Å²) in [6, 6.07) is 0. The molecule has 0 radical (unpaired) electrons. The Morgan fingerprint density at radius 1 is 1.53 bits per heavy atom. The second-order valence-corrected chi connectivity index (χ2v) is 6.29. The predicted molar refractivity (Wildman–Crippen MR) is 50.3 cm³/mol. The molecule has 0 bridgehead atoms. The average molecular weight is 262 g/mol. The van der Waals surface area contributed by atoms with Gasteiger partial charge in [0.25, 0.3) is 6.43 Å². The van der Waals surface area contributed by atoms with E-state index in [1.807, 2.05) is 0 Å². The summed E-state index contributed by atoms with van der Waals surface area (Å²) in [4.78, 5) is 12.1. The molecule has 1 fully saturated rings. The Hall–Kier alpha value is -0.430. The molecule has 1 rings (SSSR count). The molecule has 0 aromatic rings. The van der Waals surface area contributed by atoms with E-state index in [1.54, 1.807) is 0 Å². The Morgan fingerprint density at radius 2 is 2.13 bits per heavy atom. The topological polar surface area (TPSA) is 54.5 Å². The van der Waals surface area contributed by atoms with Crippen molar-refractivity contribution < 1.29 is 22.0 Å². The molecule has 1 aliphatic rings. The molecular weight excluding hydrogens is 252 g/mol. The molecule has 1 saturated heterocycles. The van der Waals surface area contributed by atoms with Crippen molar-refractivity contribution >= 4 is 25.6 Å². The zero-order valence-corrected chi connectivity index (χ0v) is 9.27. The summed E-state index contributed by atoms with van der Waals surface area (Å²) in [6.07, 6.45) is -2.63. The highest BCUT2D eigenvalue weighted by Crippen LogP contribution is 2.21. The number of rotatable bonds is 4. The smallest absolute Gasteiger partial charge is 0.255 e. The molecule has 8 heteroatoms. The van der Waals surface area contributed by atoms with Crippen LogP contribution in [0.5, 0.6) is 0 Å². The van der Waals surface area contributed by atoms with Crippen LogP contribution in [0.2, 0.25) is 0 Å². The van der Waals surface area contributed by atoms with Gasteiger partial charge in [-0.3, -0.25) is 4.79 Å². The molecule has 0 spiro atoms. The zero-order chi connectivity index (χ0) is 11.6. The number of nitrogens with zero attached hydrogens (tertiary/aromatic N) is 1. The first kappa shape index (κ1) is 12.6. The number of carbonyl (C=O) groups is 1. The lowest BCUT2D eigenvalue weighted by Crippen LogP contribution is -2.30. The van der Waals surface area contributed by atoms with Crippen LogP contribution < -0.4 is 0 Å². The number of carbonyl (C=O) groups excluding carboxylic acids is 1. The van der Waals surface area contributed by atoms with Crippen LogP contribution in [0.3, 0.4) is 0 Å². The third-order valence-corrected chi connectivity index (χ3v) is 3.34. The van der Waals surface area contributed by atoms with Gasteiger partial charge in [-0.05, 0) is 0 Å². The summed E-state index contributed by atoms with van der Waals surface area (Å²) < 4.78 is 45.4. The van der Waals surface area contributed by atoms with E-state index in [1.165, 1.54) is 0 Å². The molecule has 0 aliphatic carbocycles. The summed E-state index contributed by atoms with van der Waals surface area (Å²) in [6.45, 7) is -0.604. The molecule has 15 heavy (non-hydrogen) atoms. The molecule has 0 aromatic carbocycles. The number of halogens is 3. The first-order valence-electron chi connectivity index (χ1n) is 4.26. The number of hydrogen-bond donors (Lipinski definition) is 0. The van der Waals surface area contributed by atoms with Gasteiger partial charge >= 0.3 is 0 Å². The molecule has 88 valence electrons. The second kappa shape index (κ2) is 4.61. The molecule has 0 aromatic heterocycles. The van der Waals surface area contributed by atoms with Crippen molar-refractivity contribution in [3.63, 3.8) is 0 Å². The minimum Gasteiger partial charge on any atom is -0.337 e. The SMILES string of the molecule is O=C1CC(CS(=O)(=O)Cl)CN1CC(F)F. The number of likely N-dealkylation sites (tertiary alicyclic amines) is 1. The van der Waals surface area contributed by atoms with Crippen LogP contribution in [0.1, 0.15) is 6.42 Å². The molecule has 1 heterocycles. The first-order chi connectivity index (χ1) is 6.78. The Morgan fingerprint density at radius 3 is 2.60 bits per heavy atom. The molecule has 4 nitrogen and oxygen atoms in total. The van der Waals surface area contributed by atoms with E-state index in [4.69, 9.17) is 10.7 Å². The third kappa shape index (κ3) is 4.29. The average Bonchev–Trinajstić information content (AvgIpc) is 2.26. The normalized spacial score (nSPS) is 22.8. The number of alkyl halides is 2. The predicted octanol–water partition coefficient (Wildman–Crippen LogP) is 0.669. The van der Waals surface area contributed by atoms with Gasteiger partial charge in [0.05, 0.1) is 12.3 Å². The summed E-state index contributed by atoms with van der Waals surface area (Å²) in [5, 5.41) is 0. The molecule has 1 unspecified atom stereocenters. The minimum atomic E-state index is -3.68. The lowest BCUT2D eigenvalue weighted by molar-refractivity contribution is -0.129. The summed E-state index contributed by atoms with van der Waals surface area (Å²) in [5.74, 6) is -1.26. The van der Waals surface area contributed by atoms with E-state index in [0.717, 1.165) is 4.90 Å². The number of amides is 1. The fourth-order valence-corrected chi connectivity index (χ4v) is 2.91. The van der Waals surface area contributed by atoms with Crippen molar-refractivity contribution in [1.82, 2.24) is 4.90 Å². The van der Waals surface area contributed by atoms with Gasteiger partial charge in [0.1, 0.15) is 0 Å². The second-order valence-electron chi connectivity index (χ2n) is 3.47. The van der Waals surface area contributed by atoms with Crippen LogP contribution in [0.15, 0.2) is 0 Å². The van der Waals surface area contributed by atoms with Crippen LogP contribution in [-0.4, -0.2) is 44.5 Å². The maximum Gasteiger partial charge on any atom is 0.255 e. The Balaban J connectivity index is 2.52. The van der Waals surface area contributed by atoms with Crippen molar-refractivity contribution in [1.29, 1.82) is 0 Å². The molecular formula is C7H10ClF2NO3S. The highest BCUT2D eigenvalue weighted by atomic mass is 35.7. The van der Waals surface area contributed by atoms with Crippen LogP contribution in [0.4, 0.5) is 8.78 Å². The Labute approximate surface area is 90.6 Å². The van der Waals surface area contributed by atoms with E-state index in [2.05, 4.69) is 0 Å². The van der Waals surface area contributed by atoms with Crippen molar-refractivity contribution in [3.8, 4) is 0 Å². The van der Waals surface area contributed by atoms with Crippen LogP contribution in [0.25, 0.3) is 0 Å². The minimum absolute atomic E-state index is 0.0291. The maximum absolute atomic E-state index is 12.0. The zero-order valence-electron chi connectivity index (χ0n) is 7.70. The van der Waals surface area contributed by atoms with E-state index >= 15 is 0 Å². The van der Waals surface area contributed by atoms with E-state index in [0.29, 0.717) is 0 Å². The molecule has 1 aliphatic heterocycles. The van der Waals surface area contributed by atoms with Crippen LogP contribution in [0, 0.1) is 5.92 Å².